The molecule has 1 aliphatic carbocycles. The van der Waals surface area contributed by atoms with Crippen LogP contribution in [0.3, 0.4) is 0 Å². The minimum absolute atomic E-state index is 0.385. The van der Waals surface area contributed by atoms with Crippen molar-refractivity contribution in [3.05, 3.63) is 66.4 Å². The molecule has 2 aromatic carbocycles. The molecule has 2 fully saturated rings. The third kappa shape index (κ3) is 3.10. The lowest BCUT2D eigenvalue weighted by Gasteiger charge is -2.15. The molecule has 0 amide bonds. The van der Waals surface area contributed by atoms with Crippen molar-refractivity contribution in [1.29, 1.82) is 5.26 Å². The Morgan fingerprint density at radius 1 is 0.926 bits per heavy atom. The molecule has 0 radical (unpaired) electrons. The van der Waals surface area contributed by atoms with Crippen molar-refractivity contribution < 1.29 is 0 Å². The van der Waals surface area contributed by atoms with Gasteiger partial charge in [0, 0.05) is 30.3 Å². The van der Waals surface area contributed by atoms with E-state index in [-0.39, 0.29) is 0 Å². The molecule has 134 valence electrons. The third-order valence-corrected chi connectivity index (χ3v) is 6.00. The first kappa shape index (κ1) is 16.1. The number of likely N-dealkylation sites (tertiary alicyclic amines) is 1. The van der Waals surface area contributed by atoms with Crippen molar-refractivity contribution in [1.82, 2.24) is 15.1 Å². The average Bonchev–Trinajstić information content (AvgIpc) is 3.29. The van der Waals surface area contributed by atoms with Gasteiger partial charge in [0.15, 0.2) is 6.19 Å². The Balaban J connectivity index is 1.43. The van der Waals surface area contributed by atoms with Gasteiger partial charge in [-0.3, -0.25) is 5.10 Å². The van der Waals surface area contributed by atoms with Crippen LogP contribution in [0.2, 0.25) is 0 Å². The van der Waals surface area contributed by atoms with Crippen LogP contribution < -0.4 is 0 Å². The summed E-state index contributed by atoms with van der Waals surface area (Å²) in [6.07, 6.45) is 4.95. The highest BCUT2D eigenvalue weighted by Crippen LogP contribution is 2.47. The molecule has 4 heteroatoms. The van der Waals surface area contributed by atoms with Gasteiger partial charge in [-0.25, -0.2) is 0 Å². The highest BCUT2D eigenvalue weighted by molar-refractivity contribution is 5.71. The van der Waals surface area contributed by atoms with Crippen molar-refractivity contribution in [2.45, 2.75) is 18.8 Å². The number of nitrogens with one attached hydrogen (secondary N) is 1. The minimum atomic E-state index is 0.385. The molecule has 2 unspecified atom stereocenters. The number of aromatic amines is 1. The minimum Gasteiger partial charge on any atom is -0.310 e. The monoisotopic (exact) mass is 354 g/mol. The fraction of sp³-hybridized carbons (Fsp3) is 0.304. The summed E-state index contributed by atoms with van der Waals surface area (Å²) in [6, 6.07) is 21.1. The number of H-pyrrole nitrogens is 1. The molecular formula is C23H22N4. The van der Waals surface area contributed by atoms with Gasteiger partial charge in [-0.15, -0.1) is 0 Å². The quantitative estimate of drug-likeness (QED) is 0.694. The number of hydrogen-bond acceptors (Lipinski definition) is 3. The van der Waals surface area contributed by atoms with E-state index in [0.717, 1.165) is 30.3 Å². The Morgan fingerprint density at radius 3 is 2.48 bits per heavy atom. The zero-order chi connectivity index (χ0) is 18.2. The van der Waals surface area contributed by atoms with E-state index >= 15 is 0 Å². The molecule has 1 aromatic heterocycles. The largest absolute Gasteiger partial charge is 0.310 e. The lowest BCUT2D eigenvalue weighted by Crippen LogP contribution is -2.14. The van der Waals surface area contributed by atoms with Crippen molar-refractivity contribution in [2.75, 3.05) is 13.1 Å². The summed E-state index contributed by atoms with van der Waals surface area (Å²) in [4.78, 5) is 1.91. The number of benzene rings is 2. The number of nitriles is 1. The lowest BCUT2D eigenvalue weighted by atomic mass is 9.88. The summed E-state index contributed by atoms with van der Waals surface area (Å²) in [7, 11) is 0. The Bertz CT molecular complexity index is 981. The van der Waals surface area contributed by atoms with E-state index in [0.29, 0.717) is 11.8 Å². The number of hydrogen-bond donors (Lipinski definition) is 1. The smallest absolute Gasteiger partial charge is 0.179 e. The van der Waals surface area contributed by atoms with E-state index in [1.165, 1.54) is 29.7 Å². The molecule has 1 N–H and O–H groups in total. The average molecular weight is 354 g/mol. The summed E-state index contributed by atoms with van der Waals surface area (Å²) in [5.41, 5.74) is 5.68. The predicted octanol–water partition coefficient (Wildman–Crippen LogP) is 4.65. The van der Waals surface area contributed by atoms with Gasteiger partial charge in [0.05, 0.1) is 5.69 Å². The van der Waals surface area contributed by atoms with Crippen LogP contribution in [0.25, 0.3) is 22.4 Å². The molecular weight excluding hydrogens is 332 g/mol. The van der Waals surface area contributed by atoms with Crippen LogP contribution in [0.4, 0.5) is 0 Å². The maximum atomic E-state index is 9.32. The molecule has 3 aromatic rings. The molecule has 0 spiro atoms. The zero-order valence-corrected chi connectivity index (χ0v) is 15.2. The van der Waals surface area contributed by atoms with Gasteiger partial charge in [-0.1, -0.05) is 48.5 Å². The van der Waals surface area contributed by atoms with Crippen LogP contribution in [0.1, 0.15) is 24.5 Å². The predicted molar refractivity (Wildman–Crippen MR) is 106 cm³/mol. The fourth-order valence-electron chi connectivity index (χ4n) is 4.40. The highest BCUT2D eigenvalue weighted by Gasteiger charge is 2.43. The summed E-state index contributed by atoms with van der Waals surface area (Å²) >= 11 is 0. The number of aromatic nitrogens is 2. The Morgan fingerprint density at radius 2 is 1.70 bits per heavy atom. The fourth-order valence-corrected chi connectivity index (χ4v) is 4.40. The Hall–Kier alpha value is -3.06. The van der Waals surface area contributed by atoms with Gasteiger partial charge in [0.1, 0.15) is 0 Å². The van der Waals surface area contributed by atoms with Crippen LogP contribution in [0.15, 0.2) is 60.7 Å². The van der Waals surface area contributed by atoms with E-state index < -0.39 is 0 Å². The number of rotatable bonds is 4. The van der Waals surface area contributed by atoms with Crippen LogP contribution in [-0.2, 0) is 0 Å². The van der Waals surface area contributed by atoms with Crippen molar-refractivity contribution in [2.24, 2.45) is 11.8 Å². The molecule has 1 aliphatic heterocycles. The van der Waals surface area contributed by atoms with Crippen LogP contribution in [0.5, 0.6) is 0 Å². The topological polar surface area (TPSA) is 55.7 Å². The van der Waals surface area contributed by atoms with Crippen LogP contribution >= 0.6 is 0 Å². The Kier molecular flexibility index (Phi) is 3.94. The van der Waals surface area contributed by atoms with Crippen molar-refractivity contribution in [3.63, 3.8) is 0 Å². The highest BCUT2D eigenvalue weighted by atomic mass is 15.2. The van der Waals surface area contributed by atoms with Gasteiger partial charge in [-0.05, 0) is 47.9 Å². The maximum Gasteiger partial charge on any atom is 0.179 e. The van der Waals surface area contributed by atoms with Crippen molar-refractivity contribution >= 4 is 0 Å². The van der Waals surface area contributed by atoms with E-state index in [1.54, 1.807) is 0 Å². The molecule has 2 atom stereocenters. The van der Waals surface area contributed by atoms with Crippen LogP contribution in [0, 0.1) is 23.3 Å². The first-order chi connectivity index (χ1) is 13.3. The SMILES string of the molecule is N#CN1CC(c2cc(-c3cccc(-c4ccccc4)c3)n[nH]2)C(C2CC2)C1. The van der Waals surface area contributed by atoms with Gasteiger partial charge in [-0.2, -0.15) is 10.4 Å². The Labute approximate surface area is 159 Å². The lowest BCUT2D eigenvalue weighted by molar-refractivity contribution is 0.420. The summed E-state index contributed by atoms with van der Waals surface area (Å²) in [5.74, 6) is 1.74. The number of nitrogens with zero attached hydrogens (tertiary/aromatic N) is 3. The van der Waals surface area contributed by atoms with E-state index in [9.17, 15) is 5.26 Å². The van der Waals surface area contributed by atoms with Gasteiger partial charge in [0.2, 0.25) is 0 Å². The van der Waals surface area contributed by atoms with Crippen molar-refractivity contribution in [3.8, 4) is 28.6 Å². The standard InChI is InChI=1S/C23H22N4/c24-15-27-13-20(17-9-10-17)21(14-27)23-12-22(25-26-23)19-8-4-7-18(11-19)16-5-2-1-3-6-16/h1-8,11-12,17,20-21H,9-10,13-14H2,(H,25,26). The molecule has 2 aliphatic rings. The normalized spacial score (nSPS) is 22.0. The molecule has 27 heavy (non-hydrogen) atoms. The molecule has 0 bridgehead atoms. The maximum absolute atomic E-state index is 9.32. The van der Waals surface area contributed by atoms with Gasteiger partial charge < -0.3 is 4.90 Å². The first-order valence-electron chi connectivity index (χ1n) is 9.67. The molecule has 4 nitrogen and oxygen atoms in total. The second-order valence-corrected chi connectivity index (χ2v) is 7.77. The van der Waals surface area contributed by atoms with Gasteiger partial charge >= 0.3 is 0 Å². The summed E-state index contributed by atoms with van der Waals surface area (Å²) in [6.45, 7) is 1.70. The molecule has 2 heterocycles. The summed E-state index contributed by atoms with van der Waals surface area (Å²) in [5, 5.41) is 17.2. The molecule has 1 saturated carbocycles. The second kappa shape index (κ2) is 6.59. The van der Waals surface area contributed by atoms with Crippen LogP contribution in [-0.4, -0.2) is 28.2 Å². The molecule has 1 saturated heterocycles. The second-order valence-electron chi connectivity index (χ2n) is 7.77. The van der Waals surface area contributed by atoms with E-state index in [2.05, 4.69) is 71.0 Å². The third-order valence-electron chi connectivity index (χ3n) is 6.00. The molecule has 5 rings (SSSR count). The van der Waals surface area contributed by atoms with E-state index in [4.69, 9.17) is 0 Å². The summed E-state index contributed by atoms with van der Waals surface area (Å²) < 4.78 is 0. The van der Waals surface area contributed by atoms with E-state index in [1.807, 2.05) is 11.0 Å². The van der Waals surface area contributed by atoms with Gasteiger partial charge in [0.25, 0.3) is 0 Å². The first-order valence-corrected chi connectivity index (χ1v) is 9.67. The zero-order valence-electron chi connectivity index (χ0n) is 15.2.